The predicted molar refractivity (Wildman–Crippen MR) is 124 cm³/mol. The highest BCUT2D eigenvalue weighted by molar-refractivity contribution is 6.30. The first kappa shape index (κ1) is 23.1. The summed E-state index contributed by atoms with van der Waals surface area (Å²) in [6.07, 6.45) is 2.22. The normalized spacial score (nSPS) is 15.7. The number of halogens is 1. The Morgan fingerprint density at radius 2 is 1.61 bits per heavy atom. The zero-order chi connectivity index (χ0) is 23.2. The minimum Gasteiger partial charge on any atom is -0.486 e. The highest BCUT2D eigenvalue weighted by atomic mass is 35.5. The molecule has 2 aromatic carbocycles. The minimum absolute atomic E-state index is 0.0565. The highest BCUT2D eigenvalue weighted by Gasteiger charge is 2.28. The van der Waals surface area contributed by atoms with Gasteiger partial charge in [-0.25, -0.2) is 0 Å². The van der Waals surface area contributed by atoms with Crippen LogP contribution in [0.3, 0.4) is 0 Å². The average Bonchev–Trinajstić information content (AvgIpc) is 2.86. The third-order valence-corrected chi connectivity index (χ3v) is 6.26. The standard InChI is InChI=1S/C25H27ClN2O5/c26-20-6-3-18(4-7-20)25(31)27-11-1-2-23(29)28-12-9-17(10-13-28)24(30)19-5-8-21-22(16-19)33-15-14-32-21/h3-8,16-17H,1-2,9-15H2,(H,27,31). The van der Waals surface area contributed by atoms with Crippen LogP contribution in [0.15, 0.2) is 42.5 Å². The quantitative estimate of drug-likeness (QED) is 0.492. The molecule has 2 aliphatic heterocycles. The van der Waals surface area contributed by atoms with Crippen LogP contribution in [0.2, 0.25) is 5.02 Å². The summed E-state index contributed by atoms with van der Waals surface area (Å²) in [5.41, 5.74) is 1.16. The van der Waals surface area contributed by atoms with E-state index in [2.05, 4.69) is 5.32 Å². The lowest BCUT2D eigenvalue weighted by Gasteiger charge is -2.31. The van der Waals surface area contributed by atoms with E-state index in [1.807, 2.05) is 4.90 Å². The number of ether oxygens (including phenoxy) is 2. The van der Waals surface area contributed by atoms with Crippen LogP contribution in [0, 0.1) is 5.92 Å². The van der Waals surface area contributed by atoms with Gasteiger partial charge in [0.25, 0.3) is 5.91 Å². The van der Waals surface area contributed by atoms with Gasteiger partial charge in [0, 0.05) is 48.1 Å². The lowest BCUT2D eigenvalue weighted by molar-refractivity contribution is -0.132. The van der Waals surface area contributed by atoms with Gasteiger partial charge in [-0.2, -0.15) is 0 Å². The van der Waals surface area contributed by atoms with Crippen molar-refractivity contribution in [1.29, 1.82) is 0 Å². The van der Waals surface area contributed by atoms with Gasteiger partial charge in [0.1, 0.15) is 13.2 Å². The predicted octanol–water partition coefficient (Wildman–Crippen LogP) is 3.74. The molecule has 2 aromatic rings. The number of piperidine rings is 1. The van der Waals surface area contributed by atoms with Crippen LogP contribution in [0.1, 0.15) is 46.4 Å². The summed E-state index contributed by atoms with van der Waals surface area (Å²) in [6.45, 7) is 2.55. The van der Waals surface area contributed by atoms with Gasteiger partial charge in [0.15, 0.2) is 17.3 Å². The number of likely N-dealkylation sites (tertiary alicyclic amines) is 1. The number of hydrogen-bond acceptors (Lipinski definition) is 5. The van der Waals surface area contributed by atoms with Crippen molar-refractivity contribution in [3.8, 4) is 11.5 Å². The Bertz CT molecular complexity index is 1020. The molecular weight excluding hydrogens is 444 g/mol. The van der Waals surface area contributed by atoms with Crippen molar-refractivity contribution in [2.24, 2.45) is 5.92 Å². The van der Waals surface area contributed by atoms with Crippen LogP contribution in [0.4, 0.5) is 0 Å². The van der Waals surface area contributed by atoms with Crippen molar-refractivity contribution in [2.75, 3.05) is 32.8 Å². The number of carbonyl (C=O) groups is 3. The maximum absolute atomic E-state index is 12.9. The Hall–Kier alpha value is -3.06. The molecule has 0 spiro atoms. The summed E-state index contributed by atoms with van der Waals surface area (Å²) >= 11 is 5.83. The van der Waals surface area contributed by atoms with Crippen LogP contribution < -0.4 is 14.8 Å². The Morgan fingerprint density at radius 1 is 0.939 bits per heavy atom. The van der Waals surface area contributed by atoms with Crippen LogP contribution in [0.25, 0.3) is 0 Å². The lowest BCUT2D eigenvalue weighted by atomic mass is 9.88. The van der Waals surface area contributed by atoms with E-state index in [0.717, 1.165) is 0 Å². The molecule has 0 unspecified atom stereocenters. The second-order valence-corrected chi connectivity index (χ2v) is 8.68. The van der Waals surface area contributed by atoms with Gasteiger partial charge in [-0.15, -0.1) is 0 Å². The van der Waals surface area contributed by atoms with Gasteiger partial charge in [-0.1, -0.05) is 11.6 Å². The number of Topliss-reactive ketones (excluding diaryl/α,β-unsaturated/α-hetero) is 1. The van der Waals surface area contributed by atoms with Crippen molar-refractivity contribution in [3.05, 3.63) is 58.6 Å². The van der Waals surface area contributed by atoms with E-state index < -0.39 is 0 Å². The van der Waals surface area contributed by atoms with Crippen LogP contribution >= 0.6 is 11.6 Å². The molecule has 2 amide bonds. The molecule has 1 fully saturated rings. The molecule has 7 nitrogen and oxygen atoms in total. The summed E-state index contributed by atoms with van der Waals surface area (Å²) in [6, 6.07) is 12.0. The van der Waals surface area contributed by atoms with Gasteiger partial charge in [-0.05, 0) is 61.7 Å². The average molecular weight is 471 g/mol. The highest BCUT2D eigenvalue weighted by Crippen LogP contribution is 2.32. The van der Waals surface area contributed by atoms with Gasteiger partial charge in [0.2, 0.25) is 5.91 Å². The molecule has 1 N–H and O–H groups in total. The van der Waals surface area contributed by atoms with E-state index in [-0.39, 0.29) is 23.5 Å². The van der Waals surface area contributed by atoms with Crippen molar-refractivity contribution in [1.82, 2.24) is 10.2 Å². The monoisotopic (exact) mass is 470 g/mol. The Kier molecular flexibility index (Phi) is 7.50. The smallest absolute Gasteiger partial charge is 0.251 e. The van der Waals surface area contributed by atoms with E-state index in [9.17, 15) is 14.4 Å². The Labute approximate surface area is 198 Å². The fourth-order valence-electron chi connectivity index (χ4n) is 4.13. The van der Waals surface area contributed by atoms with Crippen LogP contribution in [0.5, 0.6) is 11.5 Å². The van der Waals surface area contributed by atoms with E-state index in [0.29, 0.717) is 86.2 Å². The molecule has 2 heterocycles. The van der Waals surface area contributed by atoms with Crippen molar-refractivity contribution < 1.29 is 23.9 Å². The summed E-state index contributed by atoms with van der Waals surface area (Å²) in [7, 11) is 0. The van der Waals surface area contributed by atoms with Gasteiger partial charge in [0.05, 0.1) is 0 Å². The molecule has 0 radical (unpaired) electrons. The first-order chi connectivity index (χ1) is 16.0. The number of nitrogens with one attached hydrogen (secondary N) is 1. The minimum atomic E-state index is -0.183. The maximum atomic E-state index is 12.9. The molecule has 0 atom stereocenters. The maximum Gasteiger partial charge on any atom is 0.251 e. The number of ketones is 1. The zero-order valence-electron chi connectivity index (χ0n) is 18.3. The van der Waals surface area contributed by atoms with Crippen LogP contribution in [-0.4, -0.2) is 55.3 Å². The Balaban J connectivity index is 1.18. The van der Waals surface area contributed by atoms with Crippen molar-refractivity contribution in [3.63, 3.8) is 0 Å². The number of nitrogens with zero attached hydrogens (tertiary/aromatic N) is 1. The second-order valence-electron chi connectivity index (χ2n) is 8.24. The topological polar surface area (TPSA) is 84.9 Å². The molecule has 0 saturated carbocycles. The number of carbonyl (C=O) groups excluding carboxylic acids is 3. The molecule has 2 aliphatic rings. The number of benzene rings is 2. The number of rotatable bonds is 7. The van der Waals surface area contributed by atoms with E-state index in [1.54, 1.807) is 42.5 Å². The molecule has 0 aromatic heterocycles. The SMILES string of the molecule is O=C(NCCCC(=O)N1CCC(C(=O)c2ccc3c(c2)OCCO3)CC1)c1ccc(Cl)cc1. The van der Waals surface area contributed by atoms with E-state index in [1.165, 1.54) is 0 Å². The van der Waals surface area contributed by atoms with Gasteiger partial charge >= 0.3 is 0 Å². The molecule has 4 rings (SSSR count). The molecule has 0 bridgehead atoms. The third kappa shape index (κ3) is 5.85. The second kappa shape index (κ2) is 10.7. The largest absolute Gasteiger partial charge is 0.486 e. The molecule has 1 saturated heterocycles. The molecule has 174 valence electrons. The summed E-state index contributed by atoms with van der Waals surface area (Å²) in [4.78, 5) is 39.4. The fraction of sp³-hybridized carbons (Fsp3) is 0.400. The van der Waals surface area contributed by atoms with Gasteiger partial charge < -0.3 is 19.7 Å². The third-order valence-electron chi connectivity index (χ3n) is 6.00. The molecule has 33 heavy (non-hydrogen) atoms. The van der Waals surface area contributed by atoms with Crippen LogP contribution in [-0.2, 0) is 4.79 Å². The fourth-order valence-corrected chi connectivity index (χ4v) is 4.25. The van der Waals surface area contributed by atoms with Gasteiger partial charge in [-0.3, -0.25) is 14.4 Å². The summed E-state index contributed by atoms with van der Waals surface area (Å²) in [5, 5.41) is 3.40. The first-order valence-corrected chi connectivity index (χ1v) is 11.6. The molecule has 0 aliphatic carbocycles. The summed E-state index contributed by atoms with van der Waals surface area (Å²) in [5.74, 6) is 1.14. The van der Waals surface area contributed by atoms with Crippen molar-refractivity contribution in [2.45, 2.75) is 25.7 Å². The van der Waals surface area contributed by atoms with Crippen molar-refractivity contribution >= 4 is 29.2 Å². The first-order valence-electron chi connectivity index (χ1n) is 11.3. The molecule has 8 heteroatoms. The number of amides is 2. The van der Waals surface area contributed by atoms with E-state index in [4.69, 9.17) is 21.1 Å². The number of fused-ring (bicyclic) bond motifs is 1. The van der Waals surface area contributed by atoms with E-state index >= 15 is 0 Å². The lowest BCUT2D eigenvalue weighted by Crippen LogP contribution is -2.40. The molecular formula is C25H27ClN2O5. The Morgan fingerprint density at radius 3 is 2.33 bits per heavy atom. The zero-order valence-corrected chi connectivity index (χ0v) is 19.1. The number of hydrogen-bond donors (Lipinski definition) is 1. The summed E-state index contributed by atoms with van der Waals surface area (Å²) < 4.78 is 11.1.